The van der Waals surface area contributed by atoms with Gasteiger partial charge < -0.3 is 40.9 Å². The Morgan fingerprint density at radius 1 is 0.481 bits per heavy atom. The van der Waals surface area contributed by atoms with Crippen molar-refractivity contribution in [3.8, 4) is 0 Å². The third-order valence-electron chi connectivity index (χ3n) is 2.57. The first-order valence-electron chi connectivity index (χ1n) is 6.34. The Labute approximate surface area is 171 Å². The van der Waals surface area contributed by atoms with Gasteiger partial charge in [0.1, 0.15) is 0 Å². The maximum atomic E-state index is 10.3. The molecule has 0 saturated heterocycles. The number of aliphatic hydroxyl groups is 2. The van der Waals surface area contributed by atoms with Crippen LogP contribution in [0, 0.1) is 0 Å². The predicted octanol–water partition coefficient (Wildman–Crippen LogP) is -2.88. The van der Waals surface area contributed by atoms with Gasteiger partial charge in [-0.2, -0.15) is 0 Å². The van der Waals surface area contributed by atoms with Crippen molar-refractivity contribution in [2.75, 3.05) is 0 Å². The molecular weight excluding hydrogens is 391 g/mol. The van der Waals surface area contributed by atoms with E-state index in [1.807, 2.05) is 0 Å². The summed E-state index contributed by atoms with van der Waals surface area (Å²) < 4.78 is 0. The van der Waals surface area contributed by atoms with Crippen molar-refractivity contribution < 1.29 is 69.6 Å². The van der Waals surface area contributed by atoms with Crippen LogP contribution >= 0.6 is 0 Å². The number of hydrogen-bond acceptors (Lipinski definition) is 8. The van der Waals surface area contributed by atoms with Crippen LogP contribution in [0.2, 0.25) is 0 Å². The molecular formula is C12H16NaO14. The van der Waals surface area contributed by atoms with Crippen LogP contribution in [0.25, 0.3) is 0 Å². The first-order valence-corrected chi connectivity index (χ1v) is 6.34. The number of carboxylic acids is 6. The van der Waals surface area contributed by atoms with E-state index in [0.29, 0.717) is 0 Å². The first kappa shape index (κ1) is 29.5. The van der Waals surface area contributed by atoms with Crippen molar-refractivity contribution in [2.45, 2.75) is 36.9 Å². The van der Waals surface area contributed by atoms with E-state index in [1.165, 1.54) is 0 Å². The van der Waals surface area contributed by atoms with E-state index in [9.17, 15) is 28.8 Å². The van der Waals surface area contributed by atoms with E-state index in [0.717, 1.165) is 0 Å². The number of rotatable bonds is 10. The summed E-state index contributed by atoms with van der Waals surface area (Å²) in [4.78, 5) is 61.0. The summed E-state index contributed by atoms with van der Waals surface area (Å²) in [7, 11) is 0. The molecule has 27 heavy (non-hydrogen) atoms. The Morgan fingerprint density at radius 2 is 0.630 bits per heavy atom. The molecule has 0 heterocycles. The molecule has 1 radical (unpaired) electrons. The quantitative estimate of drug-likeness (QED) is 0.169. The van der Waals surface area contributed by atoms with Crippen LogP contribution < -0.4 is 0 Å². The molecule has 0 aromatic rings. The van der Waals surface area contributed by atoms with Crippen molar-refractivity contribution >= 4 is 65.4 Å². The summed E-state index contributed by atoms with van der Waals surface area (Å²) in [5.74, 6) is -10.0. The number of carbonyl (C=O) groups is 6. The zero-order chi connectivity index (χ0) is 21.3. The van der Waals surface area contributed by atoms with E-state index in [1.54, 1.807) is 0 Å². The van der Waals surface area contributed by atoms with E-state index >= 15 is 0 Å². The van der Waals surface area contributed by atoms with Crippen LogP contribution in [0.3, 0.4) is 0 Å². The minimum atomic E-state index is -2.74. The van der Waals surface area contributed by atoms with E-state index in [2.05, 4.69) is 0 Å². The van der Waals surface area contributed by atoms with Crippen molar-refractivity contribution in [3.63, 3.8) is 0 Å². The average Bonchev–Trinajstić information content (AvgIpc) is 2.34. The SMILES string of the molecule is O=C(O)CC(O)(CC(=O)O)C(=O)O.O=C(O)CC(O)(CC(=O)O)C(=O)O.[Na]. The standard InChI is InChI=1S/2C6H8O7.Na/c2*7-3(8)1-6(13,5(11)12)2-4(9)10;/h2*13H,1-2H2,(H,7,8)(H,9,10)(H,11,12);. The van der Waals surface area contributed by atoms with E-state index in [-0.39, 0.29) is 29.6 Å². The number of carboxylic acid groups (broad SMARTS) is 6. The molecule has 0 aliphatic heterocycles. The van der Waals surface area contributed by atoms with Crippen LogP contribution in [0.5, 0.6) is 0 Å². The molecule has 0 fully saturated rings. The minimum Gasteiger partial charge on any atom is -0.481 e. The van der Waals surface area contributed by atoms with Crippen molar-refractivity contribution in [3.05, 3.63) is 0 Å². The van der Waals surface area contributed by atoms with Gasteiger partial charge in [0.25, 0.3) is 0 Å². The van der Waals surface area contributed by atoms with Crippen LogP contribution in [0.4, 0.5) is 0 Å². The van der Waals surface area contributed by atoms with Gasteiger partial charge in [-0.05, 0) is 0 Å². The zero-order valence-corrected chi connectivity index (χ0v) is 15.9. The van der Waals surface area contributed by atoms with Gasteiger partial charge in [-0.1, -0.05) is 0 Å². The van der Waals surface area contributed by atoms with Crippen molar-refractivity contribution in [2.24, 2.45) is 0 Å². The van der Waals surface area contributed by atoms with Gasteiger partial charge in [0, 0.05) is 29.6 Å². The Bertz CT molecular complexity index is 513. The molecule has 0 amide bonds. The van der Waals surface area contributed by atoms with Gasteiger partial charge >= 0.3 is 35.8 Å². The van der Waals surface area contributed by atoms with Gasteiger partial charge in [0.15, 0.2) is 11.2 Å². The molecule has 14 nitrogen and oxygen atoms in total. The van der Waals surface area contributed by atoms with Crippen LogP contribution in [-0.2, 0) is 28.8 Å². The second kappa shape index (κ2) is 12.2. The second-order valence-electron chi connectivity index (χ2n) is 4.96. The fourth-order valence-electron chi connectivity index (χ4n) is 1.43. The fourth-order valence-corrected chi connectivity index (χ4v) is 1.43. The summed E-state index contributed by atoms with van der Waals surface area (Å²) in [5.41, 5.74) is -5.48. The summed E-state index contributed by atoms with van der Waals surface area (Å²) >= 11 is 0. The zero-order valence-electron chi connectivity index (χ0n) is 13.9. The third kappa shape index (κ3) is 12.7. The molecule has 0 atom stereocenters. The van der Waals surface area contributed by atoms with Crippen LogP contribution in [-0.4, -0.2) is 117 Å². The topological polar surface area (TPSA) is 264 Å². The number of hydrogen-bond donors (Lipinski definition) is 8. The number of aliphatic carboxylic acids is 6. The molecule has 0 saturated carbocycles. The molecule has 0 rings (SSSR count). The monoisotopic (exact) mass is 407 g/mol. The Hall–Kier alpha value is -2.26. The summed E-state index contributed by atoms with van der Waals surface area (Å²) in [6.07, 6.45) is -4.58. The molecule has 0 aromatic heterocycles. The summed E-state index contributed by atoms with van der Waals surface area (Å²) in [6, 6.07) is 0. The predicted molar refractivity (Wildman–Crippen MR) is 79.9 cm³/mol. The molecule has 8 N–H and O–H groups in total. The molecule has 149 valence electrons. The minimum absolute atomic E-state index is 0. The van der Waals surface area contributed by atoms with Gasteiger partial charge in [-0.3, -0.25) is 19.2 Å². The van der Waals surface area contributed by atoms with E-state index < -0.39 is 72.7 Å². The molecule has 0 aliphatic carbocycles. The van der Waals surface area contributed by atoms with Crippen molar-refractivity contribution in [1.29, 1.82) is 0 Å². The first-order chi connectivity index (χ1) is 11.6. The van der Waals surface area contributed by atoms with Gasteiger partial charge in [0.2, 0.25) is 0 Å². The summed E-state index contributed by atoms with van der Waals surface area (Å²) in [5, 5.41) is 67.6. The molecule has 0 aromatic carbocycles. The normalized spacial score (nSPS) is 10.4. The van der Waals surface area contributed by atoms with Crippen LogP contribution in [0.15, 0.2) is 0 Å². The smallest absolute Gasteiger partial charge is 0.336 e. The van der Waals surface area contributed by atoms with Crippen molar-refractivity contribution in [1.82, 2.24) is 0 Å². The van der Waals surface area contributed by atoms with Crippen LogP contribution in [0.1, 0.15) is 25.7 Å². The molecule has 15 heteroatoms. The molecule has 0 aliphatic rings. The van der Waals surface area contributed by atoms with E-state index in [4.69, 9.17) is 40.9 Å². The maximum absolute atomic E-state index is 10.3. The Morgan fingerprint density at radius 3 is 0.704 bits per heavy atom. The summed E-state index contributed by atoms with van der Waals surface area (Å²) in [6.45, 7) is 0. The maximum Gasteiger partial charge on any atom is 0.336 e. The molecule has 0 unspecified atom stereocenters. The van der Waals surface area contributed by atoms with Gasteiger partial charge in [0.05, 0.1) is 25.7 Å². The molecule has 0 spiro atoms. The van der Waals surface area contributed by atoms with Gasteiger partial charge in [-0.15, -0.1) is 0 Å². The second-order valence-corrected chi connectivity index (χ2v) is 4.96. The van der Waals surface area contributed by atoms with Gasteiger partial charge in [-0.25, -0.2) is 9.59 Å². The fraction of sp³-hybridized carbons (Fsp3) is 0.500. The largest absolute Gasteiger partial charge is 0.481 e. The Balaban J connectivity index is -0.000000411. The molecule has 0 bridgehead atoms. The third-order valence-corrected chi connectivity index (χ3v) is 2.57. The average molecular weight is 407 g/mol. The Kier molecular flexibility index (Phi) is 13.3.